The number of carboxylic acids is 1. The van der Waals surface area contributed by atoms with E-state index in [4.69, 9.17) is 0 Å². The number of fused-ring (bicyclic) bond motifs is 1. The molecule has 0 aromatic heterocycles. The number of hydrogen-bond acceptors (Lipinski definition) is 5. The van der Waals surface area contributed by atoms with Crippen LogP contribution in [0.2, 0.25) is 0 Å². The molecule has 0 aromatic rings. The van der Waals surface area contributed by atoms with E-state index in [9.17, 15) is 24.6 Å². The molecular formula is C28H46N2O5S. The summed E-state index contributed by atoms with van der Waals surface area (Å²) < 4.78 is -1.41. The van der Waals surface area contributed by atoms with E-state index in [1.807, 2.05) is 25.7 Å². The fraction of sp³-hybridized carbons (Fsp3) is 0.821. The summed E-state index contributed by atoms with van der Waals surface area (Å²) in [4.78, 5) is 44.8. The molecule has 3 fully saturated rings. The van der Waals surface area contributed by atoms with Crippen molar-refractivity contribution in [3.05, 3.63) is 12.7 Å². The quantitative estimate of drug-likeness (QED) is 0.418. The Morgan fingerprint density at radius 3 is 2.36 bits per heavy atom. The van der Waals surface area contributed by atoms with Crippen molar-refractivity contribution in [1.82, 2.24) is 9.80 Å². The van der Waals surface area contributed by atoms with E-state index in [0.717, 1.165) is 12.8 Å². The lowest BCUT2D eigenvalue weighted by Gasteiger charge is -2.47. The van der Waals surface area contributed by atoms with Crippen molar-refractivity contribution in [3.63, 3.8) is 0 Å². The standard InChI is InChI=1S/C28H46N2O5S/c1-10-14-29(26(7,8)16-25(4,5)6)23(33)21-28-13-12-27(9,36-28)20(24(34)35)19(28)22(32)30(21)18(15-31)17(3)11-2/h10,17-21,31H,1,11-16H2,2-9H3,(H,34,35)/t17-,18-,19-,20+,21?,27-,28?/m0/s1. The lowest BCUT2D eigenvalue weighted by molar-refractivity contribution is -0.152. The van der Waals surface area contributed by atoms with Crippen LogP contribution in [-0.2, 0) is 14.4 Å². The van der Waals surface area contributed by atoms with Crippen molar-refractivity contribution in [2.45, 2.75) is 108 Å². The third-order valence-electron chi connectivity index (χ3n) is 8.83. The van der Waals surface area contributed by atoms with Crippen LogP contribution in [0.4, 0.5) is 0 Å². The van der Waals surface area contributed by atoms with Gasteiger partial charge in [-0.05, 0) is 51.4 Å². The zero-order chi connectivity index (χ0) is 27.4. The van der Waals surface area contributed by atoms with Crippen LogP contribution < -0.4 is 0 Å². The SMILES string of the molecule is C=CCN(C(=O)C1N([C@@H](CO)[C@@H](C)CC)C(=O)[C@@H]2[C@H](C(=O)O)[C@]3(C)CCC12S3)C(C)(C)CC(C)(C)C. The van der Waals surface area contributed by atoms with Crippen molar-refractivity contribution in [1.29, 1.82) is 0 Å². The number of carbonyl (C=O) groups is 3. The molecule has 7 atom stereocenters. The summed E-state index contributed by atoms with van der Waals surface area (Å²) in [7, 11) is 0. The zero-order valence-electron chi connectivity index (χ0n) is 23.3. The topological polar surface area (TPSA) is 98.2 Å². The number of aliphatic hydroxyl groups is 1. The third-order valence-corrected chi connectivity index (χ3v) is 10.8. The van der Waals surface area contributed by atoms with Crippen LogP contribution >= 0.6 is 11.8 Å². The molecule has 2 amide bonds. The summed E-state index contributed by atoms with van der Waals surface area (Å²) in [6.45, 7) is 20.4. The number of rotatable bonds is 10. The Morgan fingerprint density at radius 2 is 1.89 bits per heavy atom. The van der Waals surface area contributed by atoms with Gasteiger partial charge < -0.3 is 20.0 Å². The summed E-state index contributed by atoms with van der Waals surface area (Å²) >= 11 is 1.54. The lowest BCUT2D eigenvalue weighted by atomic mass is 9.66. The maximum absolute atomic E-state index is 14.7. The van der Waals surface area contributed by atoms with Gasteiger partial charge in [0.2, 0.25) is 11.8 Å². The number of amides is 2. The molecule has 2 bridgehead atoms. The molecule has 204 valence electrons. The second-order valence-corrected chi connectivity index (χ2v) is 15.1. The molecule has 7 nitrogen and oxygen atoms in total. The van der Waals surface area contributed by atoms with Gasteiger partial charge in [-0.15, -0.1) is 18.3 Å². The molecule has 3 rings (SSSR count). The first-order valence-electron chi connectivity index (χ1n) is 13.3. The smallest absolute Gasteiger partial charge is 0.308 e. The van der Waals surface area contributed by atoms with E-state index in [-0.39, 0.29) is 29.8 Å². The minimum absolute atomic E-state index is 0.0397. The highest BCUT2D eigenvalue weighted by Gasteiger charge is 2.78. The Hall–Kier alpha value is -1.54. The molecule has 2 N–H and O–H groups in total. The summed E-state index contributed by atoms with van der Waals surface area (Å²) in [5.41, 5.74) is -0.558. The minimum atomic E-state index is -0.974. The van der Waals surface area contributed by atoms with E-state index in [2.05, 4.69) is 41.2 Å². The molecule has 0 saturated carbocycles. The molecule has 36 heavy (non-hydrogen) atoms. The average Bonchev–Trinajstić information content (AvgIpc) is 3.31. The summed E-state index contributed by atoms with van der Waals surface area (Å²) in [5.74, 6) is -3.09. The van der Waals surface area contributed by atoms with Crippen LogP contribution in [0, 0.1) is 23.2 Å². The van der Waals surface area contributed by atoms with E-state index in [1.54, 1.807) is 22.7 Å². The van der Waals surface area contributed by atoms with E-state index < -0.39 is 44.9 Å². The first-order chi connectivity index (χ1) is 16.5. The third kappa shape index (κ3) is 4.50. The molecule has 3 saturated heterocycles. The summed E-state index contributed by atoms with van der Waals surface area (Å²) in [6.07, 6.45) is 4.45. The van der Waals surface area contributed by atoms with Gasteiger partial charge in [0, 0.05) is 16.8 Å². The molecular weight excluding hydrogens is 476 g/mol. The number of carboxylic acid groups (broad SMARTS) is 1. The number of aliphatic hydroxyl groups excluding tert-OH is 1. The van der Waals surface area contributed by atoms with Crippen molar-refractivity contribution in [2.24, 2.45) is 23.2 Å². The Kier molecular flexibility index (Phi) is 7.78. The zero-order valence-corrected chi connectivity index (χ0v) is 24.2. The van der Waals surface area contributed by atoms with Gasteiger partial charge in [0.15, 0.2) is 0 Å². The number of nitrogens with zero attached hydrogens (tertiary/aromatic N) is 2. The first-order valence-corrected chi connectivity index (χ1v) is 14.1. The molecule has 1 spiro atoms. The molecule has 0 aliphatic carbocycles. The number of hydrogen-bond donors (Lipinski definition) is 2. The predicted octanol–water partition coefficient (Wildman–Crippen LogP) is 4.19. The second kappa shape index (κ2) is 9.64. The van der Waals surface area contributed by atoms with Gasteiger partial charge >= 0.3 is 5.97 Å². The van der Waals surface area contributed by atoms with Crippen molar-refractivity contribution < 1.29 is 24.6 Å². The Balaban J connectivity index is 2.19. The minimum Gasteiger partial charge on any atom is -0.481 e. The average molecular weight is 523 g/mol. The Labute approximate surface area is 221 Å². The fourth-order valence-corrected chi connectivity index (χ4v) is 9.83. The van der Waals surface area contributed by atoms with Gasteiger partial charge in [0.25, 0.3) is 0 Å². The van der Waals surface area contributed by atoms with Crippen molar-refractivity contribution in [2.75, 3.05) is 13.2 Å². The van der Waals surface area contributed by atoms with Crippen LogP contribution in [-0.4, -0.2) is 78.1 Å². The lowest BCUT2D eigenvalue weighted by Crippen LogP contribution is -2.62. The van der Waals surface area contributed by atoms with Gasteiger partial charge in [-0.2, -0.15) is 0 Å². The van der Waals surface area contributed by atoms with Crippen molar-refractivity contribution >= 4 is 29.5 Å². The number of aliphatic carboxylic acids is 1. The van der Waals surface area contributed by atoms with Gasteiger partial charge in [-0.3, -0.25) is 14.4 Å². The largest absolute Gasteiger partial charge is 0.481 e. The van der Waals surface area contributed by atoms with Crippen LogP contribution in [0.25, 0.3) is 0 Å². The maximum Gasteiger partial charge on any atom is 0.308 e. The Bertz CT molecular complexity index is 914. The monoisotopic (exact) mass is 522 g/mol. The molecule has 0 aromatic carbocycles. The van der Waals surface area contributed by atoms with Crippen LogP contribution in [0.3, 0.4) is 0 Å². The number of thioether (sulfide) groups is 1. The highest BCUT2D eigenvalue weighted by molar-refractivity contribution is 8.02. The predicted molar refractivity (Wildman–Crippen MR) is 144 cm³/mol. The van der Waals surface area contributed by atoms with Gasteiger partial charge in [-0.25, -0.2) is 0 Å². The molecule has 3 aliphatic rings. The molecule has 0 radical (unpaired) electrons. The van der Waals surface area contributed by atoms with Gasteiger partial charge in [0.1, 0.15) is 6.04 Å². The molecule has 3 heterocycles. The number of carbonyl (C=O) groups excluding carboxylic acids is 2. The van der Waals surface area contributed by atoms with Gasteiger partial charge in [-0.1, -0.05) is 47.1 Å². The summed E-state index contributed by atoms with van der Waals surface area (Å²) in [6, 6.07) is -1.37. The summed E-state index contributed by atoms with van der Waals surface area (Å²) in [5, 5.41) is 20.7. The Morgan fingerprint density at radius 1 is 1.28 bits per heavy atom. The van der Waals surface area contributed by atoms with Crippen LogP contribution in [0.1, 0.15) is 81.1 Å². The van der Waals surface area contributed by atoms with E-state index in [1.165, 1.54) is 0 Å². The number of likely N-dealkylation sites (tertiary alicyclic amines) is 1. The first kappa shape index (κ1) is 29.0. The maximum atomic E-state index is 14.7. The molecule has 2 unspecified atom stereocenters. The van der Waals surface area contributed by atoms with E-state index in [0.29, 0.717) is 19.4 Å². The van der Waals surface area contributed by atoms with Gasteiger partial charge in [0.05, 0.1) is 29.2 Å². The highest BCUT2D eigenvalue weighted by atomic mass is 32.2. The fourth-order valence-electron chi connectivity index (χ4n) is 7.50. The highest BCUT2D eigenvalue weighted by Crippen LogP contribution is 2.71. The normalized spacial score (nSPS) is 33.4. The second-order valence-electron chi connectivity index (χ2n) is 13.2. The van der Waals surface area contributed by atoms with E-state index >= 15 is 0 Å². The van der Waals surface area contributed by atoms with Crippen molar-refractivity contribution in [3.8, 4) is 0 Å². The molecule has 3 aliphatic heterocycles. The molecule has 8 heteroatoms. The van der Waals surface area contributed by atoms with Crippen LogP contribution in [0.5, 0.6) is 0 Å². The van der Waals surface area contributed by atoms with Crippen LogP contribution in [0.15, 0.2) is 12.7 Å².